The van der Waals surface area contributed by atoms with E-state index in [1.54, 1.807) is 6.20 Å². The number of nitrogens with one attached hydrogen (secondary N) is 1. The first kappa shape index (κ1) is 13.0. The first-order chi connectivity index (χ1) is 10.2. The van der Waals surface area contributed by atoms with E-state index in [9.17, 15) is 0 Å². The number of hydrogen-bond donors (Lipinski definition) is 1. The molecule has 1 aliphatic rings. The highest BCUT2D eigenvalue weighted by Crippen LogP contribution is 2.29. The van der Waals surface area contributed by atoms with Crippen molar-refractivity contribution in [3.8, 4) is 5.75 Å². The van der Waals surface area contributed by atoms with Crippen molar-refractivity contribution in [2.45, 2.75) is 19.1 Å². The third kappa shape index (κ3) is 2.28. The van der Waals surface area contributed by atoms with E-state index in [-0.39, 0.29) is 6.10 Å². The molecule has 4 rings (SSSR count). The second-order valence-corrected chi connectivity index (χ2v) is 6.42. The van der Waals surface area contributed by atoms with Gasteiger partial charge >= 0.3 is 0 Å². The minimum atomic E-state index is 0.0959. The van der Waals surface area contributed by atoms with Gasteiger partial charge in [-0.15, -0.1) is 0 Å². The van der Waals surface area contributed by atoms with Crippen LogP contribution in [0.4, 0.5) is 0 Å². The van der Waals surface area contributed by atoms with Crippen LogP contribution < -0.4 is 4.74 Å². The topological polar surface area (TPSA) is 42.8 Å². The van der Waals surface area contributed by atoms with Gasteiger partial charge in [0.25, 0.3) is 0 Å². The summed E-state index contributed by atoms with van der Waals surface area (Å²) in [5.74, 6) is 0.976. The molecule has 3 heterocycles. The van der Waals surface area contributed by atoms with Gasteiger partial charge in [-0.3, -0.25) is 4.57 Å². The summed E-state index contributed by atoms with van der Waals surface area (Å²) in [7, 11) is 0. The van der Waals surface area contributed by atoms with Gasteiger partial charge in [0.2, 0.25) is 0 Å². The van der Waals surface area contributed by atoms with E-state index in [0.29, 0.717) is 11.3 Å². The van der Waals surface area contributed by atoms with Crippen molar-refractivity contribution < 1.29 is 4.74 Å². The Labute approximate surface area is 134 Å². The van der Waals surface area contributed by atoms with Gasteiger partial charge in [-0.05, 0) is 45.8 Å². The third-order valence-electron chi connectivity index (χ3n) is 3.68. The number of H-pyrrole nitrogens is 1. The van der Waals surface area contributed by atoms with Crippen molar-refractivity contribution in [3.05, 3.63) is 51.3 Å². The lowest BCUT2D eigenvalue weighted by molar-refractivity contribution is 0.210. The van der Waals surface area contributed by atoms with Crippen LogP contribution in [0, 0.1) is 4.77 Å². The Hall–Kier alpha value is -1.66. The van der Waals surface area contributed by atoms with Crippen LogP contribution in [0.1, 0.15) is 5.56 Å². The SMILES string of the molecule is S=c1[nH]c2cc(Br)cnc2n1CC1Cc2ccccc2O1. The Balaban J connectivity index is 1.67. The molecule has 1 atom stereocenters. The van der Waals surface area contributed by atoms with E-state index in [1.807, 2.05) is 28.8 Å². The molecule has 6 heteroatoms. The molecular weight excluding hydrogens is 350 g/mol. The smallest absolute Gasteiger partial charge is 0.179 e. The molecule has 21 heavy (non-hydrogen) atoms. The molecule has 1 unspecified atom stereocenters. The van der Waals surface area contributed by atoms with Crippen LogP contribution in [0.3, 0.4) is 0 Å². The zero-order valence-electron chi connectivity index (χ0n) is 11.0. The molecule has 0 fully saturated rings. The van der Waals surface area contributed by atoms with E-state index in [0.717, 1.165) is 27.8 Å². The number of hydrogen-bond acceptors (Lipinski definition) is 3. The summed E-state index contributed by atoms with van der Waals surface area (Å²) in [6, 6.07) is 10.1. The Morgan fingerprint density at radius 1 is 1.43 bits per heavy atom. The fourth-order valence-electron chi connectivity index (χ4n) is 2.75. The van der Waals surface area contributed by atoms with Gasteiger partial charge in [-0.25, -0.2) is 4.98 Å². The van der Waals surface area contributed by atoms with Crippen LogP contribution >= 0.6 is 28.1 Å². The Bertz CT molecular complexity index is 861. The fourth-order valence-corrected chi connectivity index (χ4v) is 3.35. The Morgan fingerprint density at radius 3 is 3.14 bits per heavy atom. The normalized spacial score (nSPS) is 16.9. The molecule has 1 N–H and O–H groups in total. The zero-order chi connectivity index (χ0) is 14.4. The molecule has 106 valence electrons. The number of pyridine rings is 1. The fraction of sp³-hybridized carbons (Fsp3) is 0.200. The summed E-state index contributed by atoms with van der Waals surface area (Å²) in [5.41, 5.74) is 3.05. The van der Waals surface area contributed by atoms with Crippen LogP contribution in [-0.2, 0) is 13.0 Å². The van der Waals surface area contributed by atoms with E-state index < -0.39 is 0 Å². The molecular formula is C15H12BrN3OS. The molecule has 0 amide bonds. The lowest BCUT2D eigenvalue weighted by Crippen LogP contribution is -2.21. The van der Waals surface area contributed by atoms with E-state index in [1.165, 1.54) is 5.56 Å². The van der Waals surface area contributed by atoms with Gasteiger partial charge in [0.15, 0.2) is 10.4 Å². The summed E-state index contributed by atoms with van der Waals surface area (Å²) in [6.07, 6.45) is 2.78. The zero-order valence-corrected chi connectivity index (χ0v) is 13.4. The minimum absolute atomic E-state index is 0.0959. The summed E-state index contributed by atoms with van der Waals surface area (Å²) in [5, 5.41) is 0. The lowest BCUT2D eigenvalue weighted by atomic mass is 10.1. The van der Waals surface area contributed by atoms with E-state index in [4.69, 9.17) is 17.0 Å². The predicted octanol–water partition coefficient (Wildman–Crippen LogP) is 3.86. The highest BCUT2D eigenvalue weighted by molar-refractivity contribution is 9.10. The van der Waals surface area contributed by atoms with Crippen molar-refractivity contribution in [1.82, 2.24) is 14.5 Å². The van der Waals surface area contributed by atoms with Gasteiger partial charge in [0, 0.05) is 17.1 Å². The van der Waals surface area contributed by atoms with Gasteiger partial charge in [0.05, 0.1) is 12.1 Å². The van der Waals surface area contributed by atoms with Gasteiger partial charge < -0.3 is 9.72 Å². The average Bonchev–Trinajstić information content (AvgIpc) is 3.00. The van der Waals surface area contributed by atoms with Crippen molar-refractivity contribution in [2.24, 2.45) is 0 Å². The number of rotatable bonds is 2. The Morgan fingerprint density at radius 2 is 2.29 bits per heavy atom. The van der Waals surface area contributed by atoms with Crippen LogP contribution in [0.2, 0.25) is 0 Å². The number of benzene rings is 1. The number of fused-ring (bicyclic) bond motifs is 2. The molecule has 0 radical (unpaired) electrons. The first-order valence-corrected chi connectivity index (χ1v) is 7.89. The molecule has 2 aromatic heterocycles. The van der Waals surface area contributed by atoms with Gasteiger partial charge in [0.1, 0.15) is 11.9 Å². The third-order valence-corrected chi connectivity index (χ3v) is 4.43. The number of imidazole rings is 1. The van der Waals surface area contributed by atoms with Crippen molar-refractivity contribution in [2.75, 3.05) is 0 Å². The quantitative estimate of drug-likeness (QED) is 0.704. The summed E-state index contributed by atoms with van der Waals surface area (Å²) in [6.45, 7) is 0.697. The number of halogens is 1. The highest BCUT2D eigenvalue weighted by atomic mass is 79.9. The van der Waals surface area contributed by atoms with Crippen molar-refractivity contribution in [3.63, 3.8) is 0 Å². The average molecular weight is 362 g/mol. The van der Waals surface area contributed by atoms with Crippen LogP contribution in [0.15, 0.2) is 41.0 Å². The number of ether oxygens (including phenoxy) is 1. The number of nitrogens with zero attached hydrogens (tertiary/aromatic N) is 2. The maximum absolute atomic E-state index is 5.99. The number of aromatic nitrogens is 3. The first-order valence-electron chi connectivity index (χ1n) is 6.69. The van der Waals surface area contributed by atoms with Crippen LogP contribution in [0.25, 0.3) is 11.2 Å². The largest absolute Gasteiger partial charge is 0.488 e. The lowest BCUT2D eigenvalue weighted by Gasteiger charge is -2.11. The standard InChI is InChI=1S/C15H12BrN3OS/c16-10-6-12-14(17-7-10)19(15(21)18-12)8-11-5-9-3-1-2-4-13(9)20-11/h1-4,6-7,11H,5,8H2,(H,18,21). The molecule has 4 nitrogen and oxygen atoms in total. The maximum Gasteiger partial charge on any atom is 0.179 e. The number of para-hydroxylation sites is 1. The van der Waals surface area contributed by atoms with E-state index in [2.05, 4.69) is 32.0 Å². The molecule has 0 spiro atoms. The molecule has 1 aromatic carbocycles. The molecule has 3 aromatic rings. The highest BCUT2D eigenvalue weighted by Gasteiger charge is 2.23. The van der Waals surface area contributed by atoms with Crippen LogP contribution in [-0.4, -0.2) is 20.6 Å². The van der Waals surface area contributed by atoms with Gasteiger partial charge in [-0.2, -0.15) is 0 Å². The molecule has 1 aliphatic heterocycles. The van der Waals surface area contributed by atoms with Crippen molar-refractivity contribution >= 4 is 39.3 Å². The van der Waals surface area contributed by atoms with Crippen LogP contribution in [0.5, 0.6) is 5.75 Å². The Kier molecular flexibility index (Phi) is 3.08. The van der Waals surface area contributed by atoms with Gasteiger partial charge in [-0.1, -0.05) is 18.2 Å². The summed E-state index contributed by atoms with van der Waals surface area (Å²) in [4.78, 5) is 7.65. The van der Waals surface area contributed by atoms with E-state index >= 15 is 0 Å². The molecule has 0 saturated heterocycles. The minimum Gasteiger partial charge on any atom is -0.488 e. The number of aromatic amines is 1. The molecule has 0 bridgehead atoms. The second kappa shape index (κ2) is 4.96. The summed E-state index contributed by atoms with van der Waals surface area (Å²) < 4.78 is 9.61. The monoisotopic (exact) mass is 361 g/mol. The van der Waals surface area contributed by atoms with Crippen molar-refractivity contribution in [1.29, 1.82) is 0 Å². The maximum atomic E-state index is 5.99. The second-order valence-electron chi connectivity index (χ2n) is 5.12. The predicted molar refractivity (Wildman–Crippen MR) is 87.2 cm³/mol. The molecule has 0 aliphatic carbocycles. The summed E-state index contributed by atoms with van der Waals surface area (Å²) >= 11 is 8.84. The molecule has 0 saturated carbocycles.